The molecule has 0 aliphatic carbocycles. The lowest BCUT2D eigenvalue weighted by Crippen LogP contribution is -2.45. The largest absolute Gasteiger partial charge is 0.467 e. The average Bonchev–Trinajstić information content (AvgIpc) is 2.52. The van der Waals surface area contributed by atoms with Crippen molar-refractivity contribution in [1.82, 2.24) is 10.2 Å². The Balaban J connectivity index is 2.37. The van der Waals surface area contributed by atoms with E-state index in [2.05, 4.69) is 10.1 Å². The van der Waals surface area contributed by atoms with Gasteiger partial charge in [0.1, 0.15) is 19.2 Å². The third-order valence-electron chi connectivity index (χ3n) is 2.83. The first-order valence-corrected chi connectivity index (χ1v) is 6.73. The van der Waals surface area contributed by atoms with E-state index in [-0.39, 0.29) is 13.2 Å². The number of nitrogens with zero attached hydrogens (tertiary/aromatic N) is 1. The van der Waals surface area contributed by atoms with Gasteiger partial charge in [-0.3, -0.25) is 4.79 Å². The van der Waals surface area contributed by atoms with Crippen LogP contribution in [0.1, 0.15) is 12.5 Å². The second kappa shape index (κ2) is 8.66. The highest BCUT2D eigenvalue weighted by molar-refractivity contribution is 5.86. The lowest BCUT2D eigenvalue weighted by atomic mass is 10.2. The van der Waals surface area contributed by atoms with Crippen LogP contribution in [0.4, 0.5) is 4.79 Å². The number of amides is 2. The molecule has 0 spiro atoms. The van der Waals surface area contributed by atoms with Gasteiger partial charge in [0.25, 0.3) is 0 Å². The van der Waals surface area contributed by atoms with Gasteiger partial charge in [0.05, 0.1) is 7.11 Å². The first-order valence-electron chi connectivity index (χ1n) is 6.73. The quantitative estimate of drug-likeness (QED) is 0.790. The molecule has 0 aliphatic heterocycles. The number of ether oxygens (including phenoxy) is 2. The fraction of sp³-hybridized carbons (Fsp3) is 0.400. The number of likely N-dealkylation sites (N-methyl/N-ethyl adjacent to an activating group) is 1. The number of hydrogen-bond acceptors (Lipinski definition) is 5. The summed E-state index contributed by atoms with van der Waals surface area (Å²) in [5, 5.41) is 2.43. The minimum absolute atomic E-state index is 0.129. The molecular weight excluding hydrogens is 288 g/mol. The minimum Gasteiger partial charge on any atom is -0.467 e. The molecule has 0 aliphatic rings. The van der Waals surface area contributed by atoms with Crippen LogP contribution in [0.3, 0.4) is 0 Å². The molecule has 1 rings (SSSR count). The number of methoxy groups -OCH3 is 1. The van der Waals surface area contributed by atoms with Crippen LogP contribution in [-0.2, 0) is 25.7 Å². The monoisotopic (exact) mass is 308 g/mol. The van der Waals surface area contributed by atoms with Gasteiger partial charge in [-0.2, -0.15) is 0 Å². The summed E-state index contributed by atoms with van der Waals surface area (Å²) in [5.41, 5.74) is 0.855. The zero-order chi connectivity index (χ0) is 16.5. The number of rotatable bonds is 6. The Morgan fingerprint density at radius 1 is 1.23 bits per heavy atom. The van der Waals surface area contributed by atoms with E-state index in [1.54, 1.807) is 0 Å². The van der Waals surface area contributed by atoms with Gasteiger partial charge < -0.3 is 19.7 Å². The van der Waals surface area contributed by atoms with Crippen molar-refractivity contribution < 1.29 is 23.9 Å². The van der Waals surface area contributed by atoms with Crippen LogP contribution < -0.4 is 5.32 Å². The Bertz CT molecular complexity index is 518. The average molecular weight is 308 g/mol. The highest BCUT2D eigenvalue weighted by Gasteiger charge is 2.19. The number of benzene rings is 1. The van der Waals surface area contributed by atoms with Crippen molar-refractivity contribution in [3.05, 3.63) is 35.9 Å². The number of hydrogen-bond donors (Lipinski definition) is 1. The number of carbonyl (C=O) groups is 3. The van der Waals surface area contributed by atoms with Gasteiger partial charge in [0.2, 0.25) is 5.91 Å². The summed E-state index contributed by atoms with van der Waals surface area (Å²) in [4.78, 5) is 35.8. The third kappa shape index (κ3) is 5.82. The molecule has 7 heteroatoms. The molecule has 1 aromatic rings. The van der Waals surface area contributed by atoms with Crippen molar-refractivity contribution in [2.24, 2.45) is 0 Å². The van der Waals surface area contributed by atoms with E-state index in [9.17, 15) is 14.4 Å². The van der Waals surface area contributed by atoms with Crippen LogP contribution in [0.5, 0.6) is 0 Å². The Labute approximate surface area is 129 Å². The fourth-order valence-corrected chi connectivity index (χ4v) is 1.63. The van der Waals surface area contributed by atoms with E-state index in [0.717, 1.165) is 10.5 Å². The van der Waals surface area contributed by atoms with E-state index in [4.69, 9.17) is 4.74 Å². The van der Waals surface area contributed by atoms with Crippen molar-refractivity contribution in [2.45, 2.75) is 19.6 Å². The second-order valence-electron chi connectivity index (χ2n) is 4.71. The van der Waals surface area contributed by atoms with Crippen LogP contribution in [-0.4, -0.2) is 49.6 Å². The minimum atomic E-state index is -0.772. The molecule has 2 amide bonds. The first-order chi connectivity index (χ1) is 10.4. The van der Waals surface area contributed by atoms with Gasteiger partial charge in [-0.15, -0.1) is 0 Å². The van der Waals surface area contributed by atoms with E-state index in [1.807, 2.05) is 30.3 Å². The fourth-order valence-electron chi connectivity index (χ4n) is 1.63. The van der Waals surface area contributed by atoms with Gasteiger partial charge >= 0.3 is 12.1 Å². The number of esters is 1. The van der Waals surface area contributed by atoms with Crippen LogP contribution in [0.25, 0.3) is 0 Å². The van der Waals surface area contributed by atoms with Gasteiger partial charge in [0, 0.05) is 7.05 Å². The molecule has 0 bridgehead atoms. The highest BCUT2D eigenvalue weighted by atomic mass is 16.6. The van der Waals surface area contributed by atoms with Crippen molar-refractivity contribution in [3.8, 4) is 0 Å². The molecule has 1 atom stereocenters. The van der Waals surface area contributed by atoms with Gasteiger partial charge in [-0.1, -0.05) is 30.3 Å². The maximum atomic E-state index is 11.8. The van der Waals surface area contributed by atoms with Crippen molar-refractivity contribution in [2.75, 3.05) is 20.7 Å². The maximum absolute atomic E-state index is 11.8. The van der Waals surface area contributed by atoms with Gasteiger partial charge in [-0.25, -0.2) is 9.59 Å². The molecule has 7 nitrogen and oxygen atoms in total. The molecular formula is C15H20N2O5. The van der Waals surface area contributed by atoms with Gasteiger partial charge in [-0.05, 0) is 12.5 Å². The molecule has 0 saturated carbocycles. The Kier molecular flexibility index (Phi) is 6.88. The topological polar surface area (TPSA) is 84.9 Å². The lowest BCUT2D eigenvalue weighted by molar-refractivity contribution is -0.144. The van der Waals surface area contributed by atoms with Crippen LogP contribution in [0, 0.1) is 0 Å². The standard InChI is InChI=1S/C15H20N2O5/c1-11(14(19)21-3)16-13(18)9-17(2)15(20)22-10-12-7-5-4-6-8-12/h4-8,11H,9-10H2,1-3H3,(H,16,18). The zero-order valence-corrected chi connectivity index (χ0v) is 12.9. The molecule has 0 heterocycles. The maximum Gasteiger partial charge on any atom is 0.410 e. The molecule has 22 heavy (non-hydrogen) atoms. The third-order valence-corrected chi connectivity index (χ3v) is 2.83. The molecule has 1 unspecified atom stereocenters. The zero-order valence-electron chi connectivity index (χ0n) is 12.9. The Hall–Kier alpha value is -2.57. The molecule has 1 N–H and O–H groups in total. The predicted octanol–water partition coefficient (Wildman–Crippen LogP) is 0.933. The summed E-state index contributed by atoms with van der Waals surface area (Å²) in [6.07, 6.45) is -0.621. The summed E-state index contributed by atoms with van der Waals surface area (Å²) in [6, 6.07) is 8.44. The van der Waals surface area contributed by atoms with Crippen molar-refractivity contribution >= 4 is 18.0 Å². The SMILES string of the molecule is COC(=O)C(C)NC(=O)CN(C)C(=O)OCc1ccccc1. The highest BCUT2D eigenvalue weighted by Crippen LogP contribution is 2.02. The number of carbonyl (C=O) groups excluding carboxylic acids is 3. The van der Waals surface area contributed by atoms with E-state index in [1.165, 1.54) is 21.1 Å². The van der Waals surface area contributed by atoms with Crippen molar-refractivity contribution in [1.29, 1.82) is 0 Å². The summed E-state index contributed by atoms with van der Waals surface area (Å²) < 4.78 is 9.57. The van der Waals surface area contributed by atoms with Crippen LogP contribution >= 0.6 is 0 Å². The smallest absolute Gasteiger partial charge is 0.410 e. The predicted molar refractivity (Wildman–Crippen MR) is 78.9 cm³/mol. The molecule has 0 radical (unpaired) electrons. The summed E-state index contributed by atoms with van der Waals surface area (Å²) >= 11 is 0. The molecule has 0 fully saturated rings. The van der Waals surface area contributed by atoms with E-state index in [0.29, 0.717) is 0 Å². The molecule has 0 saturated heterocycles. The van der Waals surface area contributed by atoms with Crippen molar-refractivity contribution in [3.63, 3.8) is 0 Å². The lowest BCUT2D eigenvalue weighted by Gasteiger charge is -2.18. The molecule has 0 aromatic heterocycles. The Morgan fingerprint density at radius 3 is 2.45 bits per heavy atom. The number of nitrogens with one attached hydrogen (secondary N) is 1. The molecule has 1 aromatic carbocycles. The summed E-state index contributed by atoms with van der Waals surface area (Å²) in [5.74, 6) is -1.03. The summed E-state index contributed by atoms with van der Waals surface area (Å²) in [6.45, 7) is 1.41. The van der Waals surface area contributed by atoms with Gasteiger partial charge in [0.15, 0.2) is 0 Å². The normalized spacial score (nSPS) is 11.2. The van der Waals surface area contributed by atoms with Crippen LogP contribution in [0.2, 0.25) is 0 Å². The second-order valence-corrected chi connectivity index (χ2v) is 4.71. The first kappa shape index (κ1) is 17.5. The molecule has 120 valence electrons. The van der Waals surface area contributed by atoms with E-state index < -0.39 is 24.0 Å². The van der Waals surface area contributed by atoms with E-state index >= 15 is 0 Å². The Morgan fingerprint density at radius 2 is 1.86 bits per heavy atom. The van der Waals surface area contributed by atoms with Crippen LogP contribution in [0.15, 0.2) is 30.3 Å². The summed E-state index contributed by atoms with van der Waals surface area (Å²) in [7, 11) is 2.67.